The number of hydrogen-bond donors (Lipinski definition) is 1. The molecule has 2 aromatic rings. The fourth-order valence-electron chi connectivity index (χ4n) is 1.54. The van der Waals surface area contributed by atoms with Crippen LogP contribution in [0.25, 0.3) is 0 Å². The third kappa shape index (κ3) is 4.21. The van der Waals surface area contributed by atoms with Crippen molar-refractivity contribution in [2.24, 2.45) is 0 Å². The lowest BCUT2D eigenvalue weighted by Crippen LogP contribution is -2.02. The average Bonchev–Trinajstić information content (AvgIpc) is 2.35. The predicted molar refractivity (Wildman–Crippen MR) is 81.0 cm³/mol. The van der Waals surface area contributed by atoms with E-state index in [2.05, 4.69) is 22.6 Å². The molecule has 2 nitrogen and oxygen atoms in total. The Bertz CT molecular complexity index is 599. The van der Waals surface area contributed by atoms with Crippen LogP contribution in [0, 0.1) is 9.39 Å². The maximum absolute atomic E-state index is 13.7. The van der Waals surface area contributed by atoms with Crippen LogP contribution in [0.1, 0.15) is 5.56 Å². The summed E-state index contributed by atoms with van der Waals surface area (Å²) in [6, 6.07) is 12.5. The SMILES string of the molecule is O=C(O)Cc1ccc(Sc2ccc(I)cc2)cc1F. The number of rotatable bonds is 4. The Hall–Kier alpha value is -1.08. The Labute approximate surface area is 128 Å². The summed E-state index contributed by atoms with van der Waals surface area (Å²) >= 11 is 3.67. The summed E-state index contributed by atoms with van der Waals surface area (Å²) < 4.78 is 14.8. The fourth-order valence-corrected chi connectivity index (χ4v) is 2.74. The van der Waals surface area contributed by atoms with E-state index in [4.69, 9.17) is 5.11 Å². The van der Waals surface area contributed by atoms with Gasteiger partial charge in [0.15, 0.2) is 0 Å². The van der Waals surface area contributed by atoms with Crippen LogP contribution >= 0.6 is 34.4 Å². The van der Waals surface area contributed by atoms with Gasteiger partial charge in [-0.25, -0.2) is 4.39 Å². The number of halogens is 2. The molecule has 0 saturated carbocycles. The van der Waals surface area contributed by atoms with Crippen molar-refractivity contribution in [2.45, 2.75) is 16.2 Å². The first kappa shape index (κ1) is 14.3. The quantitative estimate of drug-likeness (QED) is 0.798. The standard InChI is InChI=1S/C14H10FIO2S/c15-13-8-12(4-1-9(13)7-14(17)18)19-11-5-2-10(16)3-6-11/h1-6,8H,7H2,(H,17,18). The lowest BCUT2D eigenvalue weighted by molar-refractivity contribution is -0.136. The topological polar surface area (TPSA) is 37.3 Å². The molecule has 0 unspecified atom stereocenters. The number of hydrogen-bond acceptors (Lipinski definition) is 2. The minimum Gasteiger partial charge on any atom is -0.481 e. The second-order valence-electron chi connectivity index (χ2n) is 3.88. The van der Waals surface area contributed by atoms with Gasteiger partial charge < -0.3 is 5.11 Å². The van der Waals surface area contributed by atoms with Gasteiger partial charge in [-0.3, -0.25) is 4.79 Å². The zero-order chi connectivity index (χ0) is 13.8. The molecule has 0 spiro atoms. The van der Waals surface area contributed by atoms with Gasteiger partial charge in [0.05, 0.1) is 6.42 Å². The number of aliphatic carboxylic acids is 1. The van der Waals surface area contributed by atoms with Crippen molar-refractivity contribution in [3.05, 3.63) is 57.4 Å². The first-order valence-corrected chi connectivity index (χ1v) is 7.38. The van der Waals surface area contributed by atoms with Crippen molar-refractivity contribution in [3.63, 3.8) is 0 Å². The van der Waals surface area contributed by atoms with Gasteiger partial charge in [-0.15, -0.1) is 0 Å². The van der Waals surface area contributed by atoms with Gasteiger partial charge in [0, 0.05) is 13.4 Å². The molecule has 0 aliphatic rings. The monoisotopic (exact) mass is 388 g/mol. The molecule has 5 heteroatoms. The van der Waals surface area contributed by atoms with Gasteiger partial charge in [-0.05, 0) is 64.6 Å². The van der Waals surface area contributed by atoms with Crippen molar-refractivity contribution in [1.82, 2.24) is 0 Å². The summed E-state index contributed by atoms with van der Waals surface area (Å²) in [4.78, 5) is 12.3. The highest BCUT2D eigenvalue weighted by Crippen LogP contribution is 2.29. The minimum atomic E-state index is -1.03. The van der Waals surface area contributed by atoms with E-state index in [0.29, 0.717) is 0 Å². The Balaban J connectivity index is 2.15. The van der Waals surface area contributed by atoms with Crippen molar-refractivity contribution < 1.29 is 14.3 Å². The lowest BCUT2D eigenvalue weighted by atomic mass is 10.1. The van der Waals surface area contributed by atoms with Crippen molar-refractivity contribution >= 4 is 40.3 Å². The number of carboxylic acid groups (broad SMARTS) is 1. The van der Waals surface area contributed by atoms with Crippen LogP contribution in [0.15, 0.2) is 52.3 Å². The van der Waals surface area contributed by atoms with E-state index in [1.165, 1.54) is 23.9 Å². The van der Waals surface area contributed by atoms with Gasteiger partial charge in [0.1, 0.15) is 5.82 Å². The molecule has 0 aliphatic carbocycles. The van der Waals surface area contributed by atoms with E-state index < -0.39 is 11.8 Å². The number of carboxylic acids is 1. The molecule has 0 fully saturated rings. The highest BCUT2D eigenvalue weighted by Gasteiger charge is 2.08. The molecular weight excluding hydrogens is 378 g/mol. The van der Waals surface area contributed by atoms with E-state index in [-0.39, 0.29) is 12.0 Å². The first-order chi connectivity index (χ1) is 9.04. The Morgan fingerprint density at radius 2 is 1.79 bits per heavy atom. The smallest absolute Gasteiger partial charge is 0.307 e. The summed E-state index contributed by atoms with van der Waals surface area (Å²) in [6.45, 7) is 0. The van der Waals surface area contributed by atoms with E-state index in [1.807, 2.05) is 24.3 Å². The van der Waals surface area contributed by atoms with E-state index in [0.717, 1.165) is 13.4 Å². The molecule has 2 rings (SSSR count). The van der Waals surface area contributed by atoms with Crippen molar-refractivity contribution in [1.29, 1.82) is 0 Å². The summed E-state index contributed by atoms with van der Waals surface area (Å²) in [5.74, 6) is -1.50. The highest BCUT2D eigenvalue weighted by atomic mass is 127. The van der Waals surface area contributed by atoms with E-state index >= 15 is 0 Å². The fraction of sp³-hybridized carbons (Fsp3) is 0.0714. The molecule has 0 bridgehead atoms. The molecule has 0 amide bonds. The predicted octanol–water partition coefficient (Wildman–Crippen LogP) is 4.21. The summed E-state index contributed by atoms with van der Waals surface area (Å²) in [6.07, 6.45) is -0.291. The summed E-state index contributed by atoms with van der Waals surface area (Å²) in [5, 5.41) is 8.65. The van der Waals surface area contributed by atoms with Crippen LogP contribution in [0.5, 0.6) is 0 Å². The van der Waals surface area contributed by atoms with Gasteiger partial charge in [0.2, 0.25) is 0 Å². The largest absolute Gasteiger partial charge is 0.481 e. The zero-order valence-corrected chi connectivity index (χ0v) is 12.7. The number of carbonyl (C=O) groups is 1. The zero-order valence-electron chi connectivity index (χ0n) is 9.77. The molecule has 98 valence electrons. The average molecular weight is 388 g/mol. The third-order valence-electron chi connectivity index (χ3n) is 2.42. The van der Waals surface area contributed by atoms with Crippen LogP contribution < -0.4 is 0 Å². The second kappa shape index (κ2) is 6.38. The Kier molecular flexibility index (Phi) is 4.81. The molecule has 2 aromatic carbocycles. The van der Waals surface area contributed by atoms with E-state index in [9.17, 15) is 9.18 Å². The van der Waals surface area contributed by atoms with Crippen LogP contribution in [0.4, 0.5) is 4.39 Å². The molecule has 1 N–H and O–H groups in total. The van der Waals surface area contributed by atoms with E-state index in [1.54, 1.807) is 6.07 Å². The molecule has 0 heterocycles. The van der Waals surface area contributed by atoms with Crippen molar-refractivity contribution in [2.75, 3.05) is 0 Å². The molecule has 0 radical (unpaired) electrons. The van der Waals surface area contributed by atoms with Gasteiger partial charge in [-0.2, -0.15) is 0 Å². The maximum atomic E-state index is 13.7. The van der Waals surface area contributed by atoms with Gasteiger partial charge >= 0.3 is 5.97 Å². The summed E-state index contributed by atoms with van der Waals surface area (Å²) in [7, 11) is 0. The van der Waals surface area contributed by atoms with Crippen molar-refractivity contribution in [3.8, 4) is 0 Å². The molecule has 0 atom stereocenters. The normalized spacial score (nSPS) is 10.4. The lowest BCUT2D eigenvalue weighted by Gasteiger charge is -2.05. The Morgan fingerprint density at radius 3 is 2.37 bits per heavy atom. The van der Waals surface area contributed by atoms with Crippen LogP contribution in [0.2, 0.25) is 0 Å². The first-order valence-electron chi connectivity index (χ1n) is 5.48. The number of benzene rings is 2. The van der Waals surface area contributed by atoms with Crippen LogP contribution in [0.3, 0.4) is 0 Å². The molecule has 0 aromatic heterocycles. The van der Waals surface area contributed by atoms with Crippen LogP contribution in [-0.2, 0) is 11.2 Å². The molecule has 0 saturated heterocycles. The summed E-state index contributed by atoms with van der Waals surface area (Å²) in [5.41, 5.74) is 0.208. The second-order valence-corrected chi connectivity index (χ2v) is 6.27. The Morgan fingerprint density at radius 1 is 1.16 bits per heavy atom. The molecule has 0 aliphatic heterocycles. The highest BCUT2D eigenvalue weighted by molar-refractivity contribution is 14.1. The third-order valence-corrected chi connectivity index (χ3v) is 4.13. The molecule has 19 heavy (non-hydrogen) atoms. The maximum Gasteiger partial charge on any atom is 0.307 e. The van der Waals surface area contributed by atoms with Gasteiger partial charge in [0.25, 0.3) is 0 Å². The van der Waals surface area contributed by atoms with Gasteiger partial charge in [-0.1, -0.05) is 17.8 Å². The minimum absolute atomic E-state index is 0.208. The molecular formula is C14H10FIO2S. The van der Waals surface area contributed by atoms with Crippen LogP contribution in [-0.4, -0.2) is 11.1 Å².